The van der Waals surface area contributed by atoms with E-state index in [4.69, 9.17) is 4.74 Å². The van der Waals surface area contributed by atoms with E-state index in [1.807, 2.05) is 25.1 Å². The molecule has 1 aromatic carbocycles. The average Bonchev–Trinajstić information content (AvgIpc) is 2.52. The largest absolute Gasteiger partial charge is 0.464 e. The summed E-state index contributed by atoms with van der Waals surface area (Å²) in [4.78, 5) is 11.8. The minimum atomic E-state index is -0.287. The number of hydrogen-bond donors (Lipinski definition) is 1. The van der Waals surface area contributed by atoms with Crippen LogP contribution < -0.4 is 5.32 Å². The number of anilines is 1. The Kier molecular flexibility index (Phi) is 2.62. The Labute approximate surface area is 95.8 Å². The van der Waals surface area contributed by atoms with Crippen LogP contribution in [0, 0.1) is 0 Å². The van der Waals surface area contributed by atoms with Crippen LogP contribution in [0.5, 0.6) is 0 Å². The molecule has 0 bridgehead atoms. The molecule has 1 aromatic rings. The van der Waals surface area contributed by atoms with E-state index < -0.39 is 0 Å². The van der Waals surface area contributed by atoms with Crippen molar-refractivity contribution in [3.63, 3.8) is 0 Å². The fourth-order valence-electron chi connectivity index (χ4n) is 2.24. The van der Waals surface area contributed by atoms with E-state index in [0.29, 0.717) is 6.61 Å². The molecule has 0 saturated carbocycles. The SMILES string of the molecule is CCOC(=O)C1Nc2ccccc2C1(C)C. The highest BCUT2D eigenvalue weighted by molar-refractivity contribution is 5.85. The maximum absolute atomic E-state index is 11.8. The van der Waals surface area contributed by atoms with Gasteiger partial charge >= 0.3 is 5.97 Å². The molecule has 0 saturated heterocycles. The summed E-state index contributed by atoms with van der Waals surface area (Å²) in [5.74, 6) is -0.177. The Balaban J connectivity index is 2.32. The molecule has 0 radical (unpaired) electrons. The van der Waals surface area contributed by atoms with Crippen LogP contribution >= 0.6 is 0 Å². The maximum Gasteiger partial charge on any atom is 0.329 e. The lowest BCUT2D eigenvalue weighted by molar-refractivity contribution is -0.145. The molecule has 16 heavy (non-hydrogen) atoms. The summed E-state index contributed by atoms with van der Waals surface area (Å²) in [7, 11) is 0. The number of fused-ring (bicyclic) bond motifs is 1. The fourth-order valence-corrected chi connectivity index (χ4v) is 2.24. The minimum Gasteiger partial charge on any atom is -0.464 e. The van der Waals surface area contributed by atoms with E-state index >= 15 is 0 Å². The molecule has 0 aliphatic carbocycles. The Morgan fingerprint density at radius 3 is 2.75 bits per heavy atom. The van der Waals surface area contributed by atoms with Gasteiger partial charge in [0.2, 0.25) is 0 Å². The van der Waals surface area contributed by atoms with E-state index in [9.17, 15) is 4.79 Å². The molecular weight excluding hydrogens is 202 g/mol. The molecule has 1 atom stereocenters. The number of para-hydroxylation sites is 1. The standard InChI is InChI=1S/C13H17NO2/c1-4-16-12(15)11-13(2,3)9-7-5-6-8-10(9)14-11/h5-8,11,14H,4H2,1-3H3. The summed E-state index contributed by atoms with van der Waals surface area (Å²) in [6, 6.07) is 7.73. The second kappa shape index (κ2) is 3.81. The molecule has 0 fully saturated rings. The number of carbonyl (C=O) groups excluding carboxylic acids is 1. The van der Waals surface area contributed by atoms with Crippen LogP contribution in [0.2, 0.25) is 0 Å². The van der Waals surface area contributed by atoms with E-state index in [0.717, 1.165) is 5.69 Å². The lowest BCUT2D eigenvalue weighted by Crippen LogP contribution is -2.41. The van der Waals surface area contributed by atoms with Crippen molar-refractivity contribution in [3.05, 3.63) is 29.8 Å². The molecule has 0 aromatic heterocycles. The summed E-state index contributed by atoms with van der Waals surface area (Å²) in [6.45, 7) is 6.37. The third-order valence-electron chi connectivity index (χ3n) is 3.17. The van der Waals surface area contributed by atoms with Gasteiger partial charge in [-0.25, -0.2) is 4.79 Å². The number of hydrogen-bond acceptors (Lipinski definition) is 3. The molecule has 0 spiro atoms. The molecule has 1 N–H and O–H groups in total. The van der Waals surface area contributed by atoms with Crippen molar-refractivity contribution in [2.45, 2.75) is 32.2 Å². The van der Waals surface area contributed by atoms with Crippen molar-refractivity contribution in [2.75, 3.05) is 11.9 Å². The van der Waals surface area contributed by atoms with Gasteiger partial charge in [-0.05, 0) is 18.6 Å². The van der Waals surface area contributed by atoms with Crippen molar-refractivity contribution >= 4 is 11.7 Å². The van der Waals surface area contributed by atoms with Gasteiger partial charge in [0, 0.05) is 11.1 Å². The Morgan fingerprint density at radius 2 is 2.12 bits per heavy atom. The van der Waals surface area contributed by atoms with Crippen molar-refractivity contribution in [3.8, 4) is 0 Å². The monoisotopic (exact) mass is 219 g/mol. The van der Waals surface area contributed by atoms with Crippen LogP contribution in [0.3, 0.4) is 0 Å². The molecule has 2 rings (SSSR count). The normalized spacial score (nSPS) is 21.1. The van der Waals surface area contributed by atoms with Gasteiger partial charge in [0.15, 0.2) is 0 Å². The van der Waals surface area contributed by atoms with Gasteiger partial charge in [0.05, 0.1) is 6.61 Å². The molecule has 3 heteroatoms. The van der Waals surface area contributed by atoms with Crippen LogP contribution in [-0.4, -0.2) is 18.6 Å². The van der Waals surface area contributed by atoms with Gasteiger partial charge < -0.3 is 10.1 Å². The first-order valence-electron chi connectivity index (χ1n) is 5.60. The fraction of sp³-hybridized carbons (Fsp3) is 0.462. The van der Waals surface area contributed by atoms with E-state index in [1.165, 1.54) is 5.56 Å². The van der Waals surface area contributed by atoms with Crippen LogP contribution in [0.4, 0.5) is 5.69 Å². The van der Waals surface area contributed by atoms with E-state index in [2.05, 4.69) is 25.2 Å². The van der Waals surface area contributed by atoms with Gasteiger partial charge in [-0.2, -0.15) is 0 Å². The van der Waals surface area contributed by atoms with Crippen LogP contribution in [0.25, 0.3) is 0 Å². The first-order chi connectivity index (χ1) is 7.57. The summed E-state index contributed by atoms with van der Waals surface area (Å²) >= 11 is 0. The zero-order chi connectivity index (χ0) is 11.8. The molecular formula is C13H17NO2. The topological polar surface area (TPSA) is 38.3 Å². The summed E-state index contributed by atoms with van der Waals surface area (Å²) < 4.78 is 5.09. The highest BCUT2D eigenvalue weighted by Crippen LogP contribution is 2.40. The summed E-state index contributed by atoms with van der Waals surface area (Å²) in [5.41, 5.74) is 1.99. The molecule has 3 nitrogen and oxygen atoms in total. The molecule has 1 aliphatic heterocycles. The quantitative estimate of drug-likeness (QED) is 0.776. The van der Waals surface area contributed by atoms with Crippen molar-refractivity contribution in [2.24, 2.45) is 0 Å². The van der Waals surface area contributed by atoms with Gasteiger partial charge in [-0.15, -0.1) is 0 Å². The van der Waals surface area contributed by atoms with E-state index in [1.54, 1.807) is 0 Å². The Bertz CT molecular complexity index is 412. The second-order valence-electron chi connectivity index (χ2n) is 4.60. The smallest absolute Gasteiger partial charge is 0.329 e. The van der Waals surface area contributed by atoms with Gasteiger partial charge in [0.1, 0.15) is 6.04 Å². The third kappa shape index (κ3) is 1.56. The molecule has 1 unspecified atom stereocenters. The lowest BCUT2D eigenvalue weighted by Gasteiger charge is -2.25. The molecule has 1 heterocycles. The Morgan fingerprint density at radius 1 is 1.44 bits per heavy atom. The van der Waals surface area contributed by atoms with Crippen molar-refractivity contribution in [1.82, 2.24) is 0 Å². The lowest BCUT2D eigenvalue weighted by atomic mass is 9.81. The zero-order valence-corrected chi connectivity index (χ0v) is 9.91. The maximum atomic E-state index is 11.8. The highest BCUT2D eigenvalue weighted by atomic mass is 16.5. The number of nitrogens with one attached hydrogen (secondary N) is 1. The molecule has 0 amide bonds. The third-order valence-corrected chi connectivity index (χ3v) is 3.17. The van der Waals surface area contributed by atoms with Gasteiger partial charge in [-0.1, -0.05) is 32.0 Å². The van der Waals surface area contributed by atoms with Crippen LogP contribution in [0.1, 0.15) is 26.3 Å². The van der Waals surface area contributed by atoms with Crippen LogP contribution in [-0.2, 0) is 14.9 Å². The van der Waals surface area contributed by atoms with Crippen LogP contribution in [0.15, 0.2) is 24.3 Å². The summed E-state index contributed by atoms with van der Waals surface area (Å²) in [6.07, 6.45) is 0. The minimum absolute atomic E-state index is 0.177. The van der Waals surface area contributed by atoms with Gasteiger partial charge in [-0.3, -0.25) is 0 Å². The number of benzene rings is 1. The number of esters is 1. The first kappa shape index (κ1) is 11.0. The van der Waals surface area contributed by atoms with E-state index in [-0.39, 0.29) is 17.4 Å². The van der Waals surface area contributed by atoms with Gasteiger partial charge in [0.25, 0.3) is 0 Å². The predicted molar refractivity (Wildman–Crippen MR) is 63.5 cm³/mol. The molecule has 1 aliphatic rings. The predicted octanol–water partition coefficient (Wildman–Crippen LogP) is 2.32. The van der Waals surface area contributed by atoms with Crippen molar-refractivity contribution in [1.29, 1.82) is 0 Å². The number of ether oxygens (including phenoxy) is 1. The Hall–Kier alpha value is -1.51. The second-order valence-corrected chi connectivity index (χ2v) is 4.60. The summed E-state index contributed by atoms with van der Waals surface area (Å²) in [5, 5.41) is 3.23. The number of carbonyl (C=O) groups is 1. The molecule has 86 valence electrons. The average molecular weight is 219 g/mol. The number of rotatable bonds is 2. The highest BCUT2D eigenvalue weighted by Gasteiger charge is 2.44. The first-order valence-corrected chi connectivity index (χ1v) is 5.60. The van der Waals surface area contributed by atoms with Crippen molar-refractivity contribution < 1.29 is 9.53 Å². The zero-order valence-electron chi connectivity index (χ0n) is 9.91.